The molecule has 0 saturated heterocycles. The first kappa shape index (κ1) is 11.1. The Labute approximate surface area is 87.1 Å². The highest BCUT2D eigenvalue weighted by Crippen LogP contribution is 2.23. The van der Waals surface area contributed by atoms with Crippen LogP contribution in [0.15, 0.2) is 18.2 Å². The van der Waals surface area contributed by atoms with E-state index in [0.29, 0.717) is 0 Å². The number of rotatable bonds is 4. The van der Waals surface area contributed by atoms with E-state index in [-0.39, 0.29) is 0 Å². The largest absolute Gasteiger partial charge is 0.497 e. The summed E-state index contributed by atoms with van der Waals surface area (Å²) in [6, 6.07) is 6.46. The number of hydrogen-bond acceptors (Lipinski definition) is 1. The highest BCUT2D eigenvalue weighted by atomic mass is 16.5. The highest BCUT2D eigenvalue weighted by molar-refractivity contribution is 5.40. The monoisotopic (exact) mass is 191 g/mol. The Kier molecular flexibility index (Phi) is 3.99. The van der Waals surface area contributed by atoms with Crippen LogP contribution in [0.5, 0.6) is 5.75 Å². The maximum absolute atomic E-state index is 5.28. The molecule has 1 nitrogen and oxygen atoms in total. The predicted octanol–water partition coefficient (Wildman–Crippen LogP) is 3.61. The Morgan fingerprint density at radius 1 is 1.21 bits per heavy atom. The van der Waals surface area contributed by atoms with Crippen LogP contribution in [0.2, 0.25) is 0 Å². The molecule has 0 N–H and O–H groups in total. The molecular formula is C13H19O. The molecule has 1 heteroatoms. The van der Waals surface area contributed by atoms with E-state index in [1.165, 1.54) is 23.5 Å². The molecule has 1 rings (SSSR count). The van der Waals surface area contributed by atoms with Crippen molar-refractivity contribution in [2.24, 2.45) is 0 Å². The van der Waals surface area contributed by atoms with Gasteiger partial charge in [0.25, 0.3) is 0 Å². The molecule has 1 radical (unpaired) electrons. The van der Waals surface area contributed by atoms with E-state index in [4.69, 9.17) is 4.74 Å². The Hall–Kier alpha value is -0.980. The molecule has 0 fully saturated rings. The molecule has 1 aromatic carbocycles. The normalized spacial score (nSPS) is 10.6. The number of hydrogen-bond donors (Lipinski definition) is 0. The summed E-state index contributed by atoms with van der Waals surface area (Å²) in [4.78, 5) is 0. The van der Waals surface area contributed by atoms with Gasteiger partial charge in [-0.15, -0.1) is 0 Å². The van der Waals surface area contributed by atoms with Crippen LogP contribution in [0.3, 0.4) is 0 Å². The molecule has 77 valence electrons. The van der Waals surface area contributed by atoms with E-state index < -0.39 is 0 Å². The molecule has 1 aromatic rings. The molecule has 0 bridgehead atoms. The van der Waals surface area contributed by atoms with Gasteiger partial charge in [-0.3, -0.25) is 0 Å². The Balaban J connectivity index is 3.00. The van der Waals surface area contributed by atoms with Gasteiger partial charge in [-0.2, -0.15) is 0 Å². The first-order valence-electron chi connectivity index (χ1n) is 5.16. The van der Waals surface area contributed by atoms with Gasteiger partial charge in [0, 0.05) is 0 Å². The SMILES string of the molecule is CCCc1cc(OC)cc([C](C)C)c1. The van der Waals surface area contributed by atoms with Gasteiger partial charge in [0.15, 0.2) is 0 Å². The smallest absolute Gasteiger partial charge is 0.119 e. The van der Waals surface area contributed by atoms with Crippen molar-refractivity contribution in [3.05, 3.63) is 35.2 Å². The summed E-state index contributed by atoms with van der Waals surface area (Å²) in [7, 11) is 1.72. The van der Waals surface area contributed by atoms with Crippen LogP contribution in [-0.2, 0) is 6.42 Å². The van der Waals surface area contributed by atoms with E-state index in [1.54, 1.807) is 7.11 Å². The molecule has 0 amide bonds. The van der Waals surface area contributed by atoms with Crippen LogP contribution >= 0.6 is 0 Å². The van der Waals surface area contributed by atoms with Crippen LogP contribution in [0.1, 0.15) is 38.3 Å². The molecule has 0 atom stereocenters. The molecule has 0 aliphatic carbocycles. The molecule has 0 heterocycles. The number of benzene rings is 1. The lowest BCUT2D eigenvalue weighted by molar-refractivity contribution is 0.414. The van der Waals surface area contributed by atoms with Gasteiger partial charge in [-0.05, 0) is 35.6 Å². The van der Waals surface area contributed by atoms with E-state index >= 15 is 0 Å². The van der Waals surface area contributed by atoms with Crippen molar-refractivity contribution >= 4 is 0 Å². The zero-order chi connectivity index (χ0) is 10.6. The third-order valence-electron chi connectivity index (χ3n) is 2.32. The first-order valence-corrected chi connectivity index (χ1v) is 5.16. The first-order chi connectivity index (χ1) is 6.67. The number of aryl methyl sites for hydroxylation is 1. The fourth-order valence-corrected chi connectivity index (χ4v) is 1.50. The number of methoxy groups -OCH3 is 1. The fourth-order valence-electron chi connectivity index (χ4n) is 1.50. The molecule has 0 spiro atoms. The third-order valence-corrected chi connectivity index (χ3v) is 2.32. The molecule has 0 saturated carbocycles. The lowest BCUT2D eigenvalue weighted by Crippen LogP contribution is -1.94. The van der Waals surface area contributed by atoms with Gasteiger partial charge < -0.3 is 4.74 Å². The number of ether oxygens (including phenoxy) is 1. The van der Waals surface area contributed by atoms with E-state index in [2.05, 4.69) is 39.0 Å². The summed E-state index contributed by atoms with van der Waals surface area (Å²) in [6.07, 6.45) is 2.30. The molecule has 0 aliphatic rings. The minimum atomic E-state index is 0.965. The Morgan fingerprint density at radius 3 is 2.43 bits per heavy atom. The van der Waals surface area contributed by atoms with Gasteiger partial charge in [-0.25, -0.2) is 0 Å². The van der Waals surface area contributed by atoms with Crippen LogP contribution in [0.4, 0.5) is 0 Å². The van der Waals surface area contributed by atoms with Gasteiger partial charge in [0.05, 0.1) is 7.11 Å². The Morgan fingerprint density at radius 2 is 1.93 bits per heavy atom. The second kappa shape index (κ2) is 5.04. The topological polar surface area (TPSA) is 9.23 Å². The second-order valence-electron chi connectivity index (χ2n) is 3.82. The van der Waals surface area contributed by atoms with E-state index in [0.717, 1.165) is 12.2 Å². The third kappa shape index (κ3) is 2.76. The van der Waals surface area contributed by atoms with Crippen molar-refractivity contribution in [1.82, 2.24) is 0 Å². The summed E-state index contributed by atoms with van der Waals surface area (Å²) in [6.45, 7) is 6.46. The van der Waals surface area contributed by atoms with Crippen molar-refractivity contribution in [2.45, 2.75) is 33.6 Å². The van der Waals surface area contributed by atoms with Crippen LogP contribution < -0.4 is 4.74 Å². The van der Waals surface area contributed by atoms with Crippen LogP contribution in [0, 0.1) is 5.92 Å². The molecular weight excluding hydrogens is 172 g/mol. The van der Waals surface area contributed by atoms with Gasteiger partial charge in [0.2, 0.25) is 0 Å². The quantitative estimate of drug-likeness (QED) is 0.706. The molecule has 0 aromatic heterocycles. The lowest BCUT2D eigenvalue weighted by Gasteiger charge is -2.10. The molecule has 14 heavy (non-hydrogen) atoms. The minimum Gasteiger partial charge on any atom is -0.497 e. The summed E-state index contributed by atoms with van der Waals surface area (Å²) in [5.41, 5.74) is 2.65. The van der Waals surface area contributed by atoms with Crippen molar-refractivity contribution in [1.29, 1.82) is 0 Å². The highest BCUT2D eigenvalue weighted by Gasteiger charge is 2.04. The fraction of sp³-hybridized carbons (Fsp3) is 0.462. The van der Waals surface area contributed by atoms with Gasteiger partial charge >= 0.3 is 0 Å². The lowest BCUT2D eigenvalue weighted by atomic mass is 9.98. The summed E-state index contributed by atoms with van der Waals surface area (Å²) >= 11 is 0. The maximum atomic E-state index is 5.28. The summed E-state index contributed by atoms with van der Waals surface area (Å²) in [5.74, 6) is 2.30. The summed E-state index contributed by atoms with van der Waals surface area (Å²) in [5, 5.41) is 0. The minimum absolute atomic E-state index is 0.965. The predicted molar refractivity (Wildman–Crippen MR) is 60.7 cm³/mol. The van der Waals surface area contributed by atoms with Gasteiger partial charge in [0.1, 0.15) is 5.75 Å². The van der Waals surface area contributed by atoms with E-state index in [9.17, 15) is 0 Å². The standard InChI is InChI=1S/C13H19O/c1-5-6-11-7-12(10(2)3)9-13(8-11)14-4/h7-9H,5-6H2,1-4H3. The second-order valence-corrected chi connectivity index (χ2v) is 3.82. The molecule has 0 aliphatic heterocycles. The van der Waals surface area contributed by atoms with Crippen molar-refractivity contribution in [2.75, 3.05) is 7.11 Å². The zero-order valence-electron chi connectivity index (χ0n) is 9.55. The van der Waals surface area contributed by atoms with E-state index in [1.807, 2.05) is 0 Å². The van der Waals surface area contributed by atoms with Crippen molar-refractivity contribution < 1.29 is 4.74 Å². The van der Waals surface area contributed by atoms with Crippen LogP contribution in [-0.4, -0.2) is 7.11 Å². The average Bonchev–Trinajstić information content (AvgIpc) is 2.17. The summed E-state index contributed by atoms with van der Waals surface area (Å²) < 4.78 is 5.28. The Bertz CT molecular complexity index is 289. The van der Waals surface area contributed by atoms with Gasteiger partial charge in [-0.1, -0.05) is 33.3 Å². The average molecular weight is 191 g/mol. The zero-order valence-corrected chi connectivity index (χ0v) is 9.55. The molecule has 0 unspecified atom stereocenters. The maximum Gasteiger partial charge on any atom is 0.119 e. The van der Waals surface area contributed by atoms with Crippen molar-refractivity contribution in [3.63, 3.8) is 0 Å². The van der Waals surface area contributed by atoms with Crippen LogP contribution in [0.25, 0.3) is 0 Å². The van der Waals surface area contributed by atoms with Crippen molar-refractivity contribution in [3.8, 4) is 5.75 Å².